The van der Waals surface area contributed by atoms with Crippen molar-refractivity contribution in [3.05, 3.63) is 47.0 Å². The van der Waals surface area contributed by atoms with Crippen molar-refractivity contribution in [3.63, 3.8) is 0 Å². The normalized spacial score (nSPS) is 29.2. The van der Waals surface area contributed by atoms with Gasteiger partial charge in [0.05, 0.1) is 12.9 Å². The van der Waals surface area contributed by atoms with Crippen LogP contribution >= 0.6 is 0 Å². The van der Waals surface area contributed by atoms with Crippen LogP contribution < -0.4 is 16.0 Å². The van der Waals surface area contributed by atoms with E-state index in [0.717, 1.165) is 0 Å². The summed E-state index contributed by atoms with van der Waals surface area (Å²) < 4.78 is 24.8. The molecule has 5 rings (SSSR count). The topological polar surface area (TPSA) is 147 Å². The summed E-state index contributed by atoms with van der Waals surface area (Å²) in [5.74, 6) is 0.543. The van der Waals surface area contributed by atoms with Crippen LogP contribution in [0.3, 0.4) is 0 Å². The lowest BCUT2D eigenvalue weighted by atomic mass is 10.1. The summed E-state index contributed by atoms with van der Waals surface area (Å²) >= 11 is 0. The molecule has 3 aromatic rings. The molecule has 1 aromatic carbocycles. The highest BCUT2D eigenvalue weighted by Crippen LogP contribution is 2.40. The number of aliphatic hydroxyl groups is 1. The number of benzene rings is 1. The van der Waals surface area contributed by atoms with Crippen LogP contribution in [0.1, 0.15) is 6.23 Å². The van der Waals surface area contributed by atoms with Crippen LogP contribution in [0.4, 0.5) is 5.95 Å². The number of H-pyrrole nitrogens is 1. The Labute approximate surface area is 157 Å². The Morgan fingerprint density at radius 2 is 2.00 bits per heavy atom. The van der Waals surface area contributed by atoms with E-state index in [-0.39, 0.29) is 23.7 Å². The Balaban J connectivity index is 1.46. The van der Waals surface area contributed by atoms with Crippen molar-refractivity contribution >= 4 is 17.1 Å². The van der Waals surface area contributed by atoms with Gasteiger partial charge in [-0.3, -0.25) is 14.3 Å². The molecular weight excluding hydrogens is 370 g/mol. The van der Waals surface area contributed by atoms with Crippen molar-refractivity contribution in [2.75, 3.05) is 12.3 Å². The molecule has 2 aromatic heterocycles. The fourth-order valence-electron chi connectivity index (χ4n) is 3.47. The van der Waals surface area contributed by atoms with Gasteiger partial charge in [0.15, 0.2) is 17.4 Å². The van der Waals surface area contributed by atoms with Gasteiger partial charge < -0.3 is 29.8 Å². The highest BCUT2D eigenvalue weighted by atomic mass is 16.9. The second-order valence-corrected chi connectivity index (χ2v) is 6.44. The van der Waals surface area contributed by atoms with Crippen molar-refractivity contribution in [3.8, 4) is 5.75 Å². The number of nitrogens with two attached hydrogens (primary N) is 1. The number of hydrogen-bond donors (Lipinski definition) is 3. The lowest BCUT2D eigenvalue weighted by Crippen LogP contribution is -2.31. The molecule has 4 N–H and O–H groups in total. The number of fused-ring (bicyclic) bond motifs is 2. The summed E-state index contributed by atoms with van der Waals surface area (Å²) in [5, 5.41) is 9.69. The number of aromatic nitrogens is 4. The molecule has 0 amide bonds. The number of hydrogen-bond acceptors (Lipinski definition) is 9. The van der Waals surface area contributed by atoms with Crippen LogP contribution in [0.2, 0.25) is 0 Å². The van der Waals surface area contributed by atoms with Crippen molar-refractivity contribution in [2.45, 2.75) is 31.0 Å². The Morgan fingerprint density at radius 3 is 2.79 bits per heavy atom. The van der Waals surface area contributed by atoms with Gasteiger partial charge in [-0.1, -0.05) is 18.2 Å². The zero-order valence-corrected chi connectivity index (χ0v) is 14.5. The Bertz CT molecular complexity index is 1050. The number of anilines is 1. The zero-order valence-electron chi connectivity index (χ0n) is 14.5. The Morgan fingerprint density at radius 1 is 1.21 bits per heavy atom. The molecule has 2 aliphatic rings. The van der Waals surface area contributed by atoms with Gasteiger partial charge in [-0.15, -0.1) is 0 Å². The van der Waals surface area contributed by atoms with Gasteiger partial charge in [0.1, 0.15) is 24.1 Å². The van der Waals surface area contributed by atoms with Gasteiger partial charge in [0.25, 0.3) is 5.56 Å². The quantitative estimate of drug-likeness (QED) is 0.551. The van der Waals surface area contributed by atoms with E-state index in [4.69, 9.17) is 24.7 Å². The molecule has 11 nitrogen and oxygen atoms in total. The molecule has 1 unspecified atom stereocenters. The summed E-state index contributed by atoms with van der Waals surface area (Å²) in [6, 6.07) is 9.09. The van der Waals surface area contributed by atoms with Gasteiger partial charge in [-0.05, 0) is 12.1 Å². The first-order valence-corrected chi connectivity index (χ1v) is 8.65. The van der Waals surface area contributed by atoms with Crippen molar-refractivity contribution < 1.29 is 24.1 Å². The molecule has 0 saturated carbocycles. The summed E-state index contributed by atoms with van der Waals surface area (Å²) in [6.07, 6.45) is -1.13. The highest BCUT2D eigenvalue weighted by Gasteiger charge is 2.54. The fourth-order valence-corrected chi connectivity index (χ4v) is 3.47. The third-order valence-electron chi connectivity index (χ3n) is 4.70. The molecule has 146 valence electrons. The van der Waals surface area contributed by atoms with Gasteiger partial charge in [0.2, 0.25) is 5.95 Å². The maximum Gasteiger partial charge on any atom is 0.316 e. The highest BCUT2D eigenvalue weighted by molar-refractivity contribution is 5.70. The Hall–Kier alpha value is -2.99. The number of para-hydroxylation sites is 1. The van der Waals surface area contributed by atoms with Gasteiger partial charge >= 0.3 is 6.48 Å². The SMILES string of the molecule is Nc1nc2c(ncn2[C@@H]2O[C@H](CO)[C@H]3OC(Oc4ccccc4)O[C@H]32)c(=O)[nH]1. The van der Waals surface area contributed by atoms with E-state index in [1.807, 2.05) is 18.2 Å². The summed E-state index contributed by atoms with van der Waals surface area (Å²) in [7, 11) is 0. The van der Waals surface area contributed by atoms with Gasteiger partial charge in [0, 0.05) is 0 Å². The van der Waals surface area contributed by atoms with Crippen molar-refractivity contribution in [1.82, 2.24) is 19.5 Å². The molecular formula is C17H17N5O6. The first kappa shape index (κ1) is 17.1. The summed E-state index contributed by atoms with van der Waals surface area (Å²) in [5.41, 5.74) is 5.57. The maximum absolute atomic E-state index is 12.0. The van der Waals surface area contributed by atoms with Crippen LogP contribution in [0, 0.1) is 0 Å². The summed E-state index contributed by atoms with van der Waals surface area (Å²) in [4.78, 5) is 22.7. The van der Waals surface area contributed by atoms with E-state index in [0.29, 0.717) is 5.75 Å². The lowest BCUT2D eigenvalue weighted by Gasteiger charge is -2.20. The maximum atomic E-state index is 12.0. The molecule has 4 heterocycles. The van der Waals surface area contributed by atoms with Crippen LogP contribution in [0.5, 0.6) is 5.75 Å². The molecule has 11 heteroatoms. The number of rotatable bonds is 4. The number of aliphatic hydroxyl groups excluding tert-OH is 1. The molecule has 2 saturated heterocycles. The third-order valence-corrected chi connectivity index (χ3v) is 4.70. The monoisotopic (exact) mass is 387 g/mol. The lowest BCUT2D eigenvalue weighted by molar-refractivity contribution is -0.229. The first-order chi connectivity index (χ1) is 13.6. The first-order valence-electron chi connectivity index (χ1n) is 8.65. The van der Waals surface area contributed by atoms with Crippen LogP contribution in [-0.4, -0.2) is 56.0 Å². The molecule has 28 heavy (non-hydrogen) atoms. The number of nitrogens with zero attached hydrogens (tertiary/aromatic N) is 3. The van der Waals surface area contributed by atoms with E-state index in [1.54, 1.807) is 16.7 Å². The zero-order chi connectivity index (χ0) is 19.3. The third kappa shape index (κ3) is 2.72. The smallest absolute Gasteiger partial charge is 0.316 e. The minimum absolute atomic E-state index is 0.0404. The van der Waals surface area contributed by atoms with Crippen molar-refractivity contribution in [2.24, 2.45) is 0 Å². The molecule has 2 fully saturated rings. The second kappa shape index (κ2) is 6.56. The van der Waals surface area contributed by atoms with Crippen LogP contribution in [0.25, 0.3) is 11.2 Å². The predicted octanol–water partition coefficient (Wildman–Crippen LogP) is -0.262. The van der Waals surface area contributed by atoms with E-state index in [9.17, 15) is 9.90 Å². The summed E-state index contributed by atoms with van der Waals surface area (Å²) in [6.45, 7) is -1.24. The second-order valence-electron chi connectivity index (χ2n) is 6.44. The predicted molar refractivity (Wildman–Crippen MR) is 94.2 cm³/mol. The Kier molecular flexibility index (Phi) is 4.02. The van der Waals surface area contributed by atoms with E-state index < -0.39 is 36.6 Å². The van der Waals surface area contributed by atoms with Gasteiger partial charge in [-0.25, -0.2) is 4.98 Å². The molecule has 5 atom stereocenters. The number of nitrogens with one attached hydrogen (secondary N) is 1. The van der Waals surface area contributed by atoms with E-state index in [2.05, 4.69) is 15.0 Å². The van der Waals surface area contributed by atoms with Crippen LogP contribution in [0.15, 0.2) is 41.5 Å². The number of nitrogen functional groups attached to an aromatic ring is 1. The fraction of sp³-hybridized carbons (Fsp3) is 0.353. The largest absolute Gasteiger partial charge is 0.441 e. The molecule has 0 aliphatic carbocycles. The average Bonchev–Trinajstić information content (AvgIpc) is 3.36. The van der Waals surface area contributed by atoms with E-state index in [1.165, 1.54) is 6.33 Å². The minimum atomic E-state index is -0.964. The van der Waals surface area contributed by atoms with Crippen LogP contribution in [-0.2, 0) is 14.2 Å². The standard InChI is InChI=1S/C17H17N5O6/c18-16-20-13-10(14(24)21-16)19-7-22(13)15-12-11(9(6-23)26-15)27-17(28-12)25-8-4-2-1-3-5-8/h1-5,7,9,11-12,15,17,23H,6H2,(H3,18,20,21,24)/t9-,11-,12-,15-,17?/m1/s1. The molecule has 2 aliphatic heterocycles. The minimum Gasteiger partial charge on any atom is -0.441 e. The molecule has 0 bridgehead atoms. The van der Waals surface area contributed by atoms with Gasteiger partial charge in [-0.2, -0.15) is 4.98 Å². The number of ether oxygens (including phenoxy) is 4. The number of imidazole rings is 1. The average molecular weight is 387 g/mol. The number of aromatic amines is 1. The molecule has 0 radical (unpaired) electrons. The molecule has 0 spiro atoms. The van der Waals surface area contributed by atoms with E-state index >= 15 is 0 Å². The van der Waals surface area contributed by atoms with Crippen molar-refractivity contribution in [1.29, 1.82) is 0 Å².